The molecule has 0 aromatic heterocycles. The number of unbranched alkanes of at least 4 members (excludes halogenated alkanes) is 22. The minimum Gasteiger partial charge on any atom is -0.480 e. The highest BCUT2D eigenvalue weighted by atomic mass is 31.2. The van der Waals surface area contributed by atoms with Crippen LogP contribution in [-0.4, -0.2) is 64.9 Å². The minimum absolute atomic E-state index is 0.133. The summed E-state index contributed by atoms with van der Waals surface area (Å²) < 4.78 is 26.9. The molecule has 1 amide bonds. The number of aliphatic carboxylic acids is 1. The van der Waals surface area contributed by atoms with E-state index in [-0.39, 0.29) is 12.8 Å². The van der Waals surface area contributed by atoms with Crippen molar-refractivity contribution >= 4 is 25.7 Å². The smallest absolute Gasteiger partial charge is 0.472 e. The number of carbonyl (C=O) groups is 3. The monoisotopic (exact) mass is 868 g/mol. The van der Waals surface area contributed by atoms with Gasteiger partial charge in [-0.15, -0.1) is 0 Å². The van der Waals surface area contributed by atoms with Gasteiger partial charge in [-0.3, -0.25) is 18.6 Å². The number of hydrogen-bond acceptors (Lipinski definition) is 8. The van der Waals surface area contributed by atoms with Crippen molar-refractivity contribution < 1.29 is 47.8 Å². The van der Waals surface area contributed by atoms with Crippen LogP contribution in [-0.2, 0) is 32.7 Å². The number of carbonyl (C=O) groups excluding carboxylic acids is 2. The van der Waals surface area contributed by atoms with E-state index in [2.05, 4.69) is 67.8 Å². The number of rotatable bonds is 44. The number of amides is 1. The number of nitrogens with one attached hydrogen (secondary N) is 1. The molecule has 3 unspecified atom stereocenters. The molecule has 0 saturated heterocycles. The van der Waals surface area contributed by atoms with E-state index in [4.69, 9.17) is 13.8 Å². The van der Waals surface area contributed by atoms with Gasteiger partial charge in [-0.1, -0.05) is 172 Å². The maximum absolute atomic E-state index is 12.3. The summed E-state index contributed by atoms with van der Waals surface area (Å²) in [5, 5.41) is 21.9. The second-order valence-corrected chi connectivity index (χ2v) is 17.4. The second-order valence-electron chi connectivity index (χ2n) is 15.9. The Morgan fingerprint density at radius 1 is 0.550 bits per heavy atom. The van der Waals surface area contributed by atoms with E-state index in [1.807, 2.05) is 0 Å². The summed E-state index contributed by atoms with van der Waals surface area (Å²) in [5.41, 5.74) is 0. The van der Waals surface area contributed by atoms with Gasteiger partial charge in [0.05, 0.1) is 13.2 Å². The van der Waals surface area contributed by atoms with Crippen LogP contribution in [0, 0.1) is 0 Å². The lowest BCUT2D eigenvalue weighted by molar-refractivity contribution is -0.147. The first-order chi connectivity index (χ1) is 29.1. The number of phosphoric ester groups is 1. The second kappa shape index (κ2) is 43.1. The Morgan fingerprint density at radius 2 is 0.967 bits per heavy atom. The highest BCUT2D eigenvalue weighted by Crippen LogP contribution is 2.43. The molecular formula is C48H86NO10P. The van der Waals surface area contributed by atoms with Gasteiger partial charge in [0.2, 0.25) is 5.91 Å². The SMILES string of the molecule is CC/C=C\C/C=C\C/C=C\CCCCCCCCCC(=O)NC(COP(=O)(O)OCC(O)COC(=O)CCCCCCCCCCC/C=C/CCCCCCCC)C(=O)O. The largest absolute Gasteiger partial charge is 0.480 e. The molecule has 0 fully saturated rings. The molecule has 0 aliphatic rings. The lowest BCUT2D eigenvalue weighted by Crippen LogP contribution is -2.43. The first-order valence-corrected chi connectivity index (χ1v) is 25.2. The van der Waals surface area contributed by atoms with Crippen molar-refractivity contribution in [1.82, 2.24) is 5.32 Å². The molecule has 0 radical (unpaired) electrons. The van der Waals surface area contributed by atoms with Crippen LogP contribution in [0.2, 0.25) is 0 Å². The number of hydrogen-bond donors (Lipinski definition) is 4. The maximum atomic E-state index is 12.3. The third-order valence-electron chi connectivity index (χ3n) is 10.1. The fraction of sp³-hybridized carbons (Fsp3) is 0.771. The van der Waals surface area contributed by atoms with E-state index >= 15 is 0 Å². The van der Waals surface area contributed by atoms with Gasteiger partial charge >= 0.3 is 19.8 Å². The van der Waals surface area contributed by atoms with Crippen LogP contribution in [0.1, 0.15) is 206 Å². The normalized spacial score (nSPS) is 14.1. The molecule has 0 bridgehead atoms. The Morgan fingerprint density at radius 3 is 1.47 bits per heavy atom. The fourth-order valence-electron chi connectivity index (χ4n) is 6.44. The van der Waals surface area contributed by atoms with Crippen molar-refractivity contribution in [3.05, 3.63) is 48.6 Å². The number of esters is 1. The average molecular weight is 868 g/mol. The van der Waals surface area contributed by atoms with Crippen LogP contribution in [0.15, 0.2) is 48.6 Å². The predicted molar refractivity (Wildman–Crippen MR) is 245 cm³/mol. The van der Waals surface area contributed by atoms with Crippen LogP contribution >= 0.6 is 7.82 Å². The highest BCUT2D eigenvalue weighted by molar-refractivity contribution is 7.47. The standard InChI is InChI=1S/C48H86NO10P/c1-3-5-7-9-11-13-15-17-19-21-22-24-26-28-30-32-34-36-38-40-47(52)57-41-44(50)42-58-60(55,56)59-43-45(48(53)54)49-46(51)39-37-35-33-31-29-27-25-23-20-18-16-14-12-10-8-6-4-2/h6,8,12,14,17-20,44-45,50H,3-5,7,9-11,13,15-16,21-43H2,1-2H3,(H,49,51)(H,53,54)(H,55,56)/b8-6-,14-12-,19-17+,20-18-. The van der Waals surface area contributed by atoms with Crippen molar-refractivity contribution in [2.45, 2.75) is 219 Å². The molecule has 60 heavy (non-hydrogen) atoms. The van der Waals surface area contributed by atoms with Crippen LogP contribution in [0.4, 0.5) is 0 Å². The molecule has 348 valence electrons. The zero-order valence-electron chi connectivity index (χ0n) is 37.8. The lowest BCUT2D eigenvalue weighted by atomic mass is 10.1. The van der Waals surface area contributed by atoms with Gasteiger partial charge < -0.3 is 25.2 Å². The summed E-state index contributed by atoms with van der Waals surface area (Å²) in [6.07, 6.45) is 48.4. The van der Waals surface area contributed by atoms with Gasteiger partial charge in [-0.25, -0.2) is 9.36 Å². The molecule has 0 saturated carbocycles. The summed E-state index contributed by atoms with van der Waals surface area (Å²) in [4.78, 5) is 46.0. The Labute approximate surface area is 364 Å². The van der Waals surface area contributed by atoms with Gasteiger partial charge in [-0.05, 0) is 70.6 Å². The van der Waals surface area contributed by atoms with Crippen LogP contribution in [0.3, 0.4) is 0 Å². The van der Waals surface area contributed by atoms with Gasteiger partial charge in [0.25, 0.3) is 0 Å². The molecule has 4 N–H and O–H groups in total. The molecule has 0 aliphatic heterocycles. The quantitative estimate of drug-likeness (QED) is 0.0200. The average Bonchev–Trinajstić information content (AvgIpc) is 3.22. The topological polar surface area (TPSA) is 169 Å². The third kappa shape index (κ3) is 42.1. The molecule has 0 heterocycles. The van der Waals surface area contributed by atoms with Crippen molar-refractivity contribution in [1.29, 1.82) is 0 Å². The number of aliphatic hydroxyl groups is 1. The Balaban J connectivity index is 3.87. The molecule has 11 nitrogen and oxygen atoms in total. The molecule has 0 spiro atoms. The van der Waals surface area contributed by atoms with E-state index in [0.29, 0.717) is 12.8 Å². The Kier molecular flexibility index (Phi) is 41.3. The fourth-order valence-corrected chi connectivity index (χ4v) is 7.21. The summed E-state index contributed by atoms with van der Waals surface area (Å²) in [6, 6.07) is -1.55. The molecule has 0 aliphatic carbocycles. The number of ether oxygens (including phenoxy) is 1. The van der Waals surface area contributed by atoms with Crippen molar-refractivity contribution in [2.75, 3.05) is 19.8 Å². The van der Waals surface area contributed by atoms with Crippen molar-refractivity contribution in [2.24, 2.45) is 0 Å². The number of allylic oxidation sites excluding steroid dienone is 8. The van der Waals surface area contributed by atoms with E-state index in [0.717, 1.165) is 83.5 Å². The number of aliphatic hydroxyl groups excluding tert-OH is 1. The molecule has 0 aromatic carbocycles. The van der Waals surface area contributed by atoms with Gasteiger partial charge in [0.15, 0.2) is 6.04 Å². The van der Waals surface area contributed by atoms with E-state index in [9.17, 15) is 34.1 Å². The Bertz CT molecular complexity index is 1200. The zero-order valence-corrected chi connectivity index (χ0v) is 38.6. The summed E-state index contributed by atoms with van der Waals surface area (Å²) in [5.74, 6) is -2.39. The van der Waals surface area contributed by atoms with Crippen molar-refractivity contribution in [3.8, 4) is 0 Å². The van der Waals surface area contributed by atoms with E-state index < -0.39 is 57.6 Å². The van der Waals surface area contributed by atoms with Gasteiger partial charge in [0, 0.05) is 12.8 Å². The molecule has 12 heteroatoms. The number of carboxylic acids is 1. The van der Waals surface area contributed by atoms with Crippen LogP contribution in [0.5, 0.6) is 0 Å². The van der Waals surface area contributed by atoms with Crippen LogP contribution in [0.25, 0.3) is 0 Å². The van der Waals surface area contributed by atoms with Crippen LogP contribution < -0.4 is 5.32 Å². The zero-order chi connectivity index (χ0) is 44.2. The third-order valence-corrected chi connectivity index (χ3v) is 11.1. The van der Waals surface area contributed by atoms with E-state index in [1.54, 1.807) is 0 Å². The highest BCUT2D eigenvalue weighted by Gasteiger charge is 2.28. The molecule has 0 rings (SSSR count). The van der Waals surface area contributed by atoms with Gasteiger partial charge in [-0.2, -0.15) is 0 Å². The van der Waals surface area contributed by atoms with Gasteiger partial charge in [0.1, 0.15) is 12.7 Å². The van der Waals surface area contributed by atoms with Crippen molar-refractivity contribution in [3.63, 3.8) is 0 Å². The minimum atomic E-state index is -4.76. The maximum Gasteiger partial charge on any atom is 0.472 e. The Hall–Kier alpha value is -2.56. The number of carboxylic acid groups (broad SMARTS) is 1. The molecule has 3 atom stereocenters. The summed E-state index contributed by atoms with van der Waals surface area (Å²) in [7, 11) is -4.76. The molecule has 0 aromatic rings. The first-order valence-electron chi connectivity index (χ1n) is 23.7. The van der Waals surface area contributed by atoms with E-state index in [1.165, 1.54) is 83.5 Å². The molecular weight excluding hydrogens is 781 g/mol. The number of phosphoric acid groups is 1. The lowest BCUT2D eigenvalue weighted by Gasteiger charge is -2.18. The first kappa shape index (κ1) is 57.4. The summed E-state index contributed by atoms with van der Waals surface area (Å²) in [6.45, 7) is 2.48. The summed E-state index contributed by atoms with van der Waals surface area (Å²) >= 11 is 0. The predicted octanol–water partition coefficient (Wildman–Crippen LogP) is 12.6.